The van der Waals surface area contributed by atoms with Crippen molar-refractivity contribution in [2.75, 3.05) is 7.11 Å². The van der Waals surface area contributed by atoms with Crippen LogP contribution in [0.15, 0.2) is 23.4 Å². The number of nitro groups is 1. The van der Waals surface area contributed by atoms with Crippen LogP contribution in [0.3, 0.4) is 0 Å². The second kappa shape index (κ2) is 6.38. The lowest BCUT2D eigenvalue weighted by Crippen LogP contribution is -1.95. The van der Waals surface area contributed by atoms with Crippen LogP contribution < -0.4 is 4.74 Å². The Bertz CT molecular complexity index is 614. The summed E-state index contributed by atoms with van der Waals surface area (Å²) in [6.45, 7) is 1.99. The molecule has 0 saturated carbocycles. The topological polar surface area (TPSA) is 93.9 Å². The summed E-state index contributed by atoms with van der Waals surface area (Å²) in [5.74, 6) is 1.65. The predicted molar refractivity (Wildman–Crippen MR) is 75.0 cm³/mol. The van der Waals surface area contributed by atoms with Gasteiger partial charge in [-0.3, -0.25) is 15.2 Å². The number of aromatic nitrogens is 3. The quantitative estimate of drug-likeness (QED) is 0.500. The van der Waals surface area contributed by atoms with E-state index in [0.717, 1.165) is 17.8 Å². The molecule has 0 fully saturated rings. The van der Waals surface area contributed by atoms with E-state index < -0.39 is 4.92 Å². The molecule has 0 radical (unpaired) electrons. The molecule has 0 saturated heterocycles. The number of H-pyrrole nitrogens is 1. The first-order valence-corrected chi connectivity index (χ1v) is 6.98. The highest BCUT2D eigenvalue weighted by Gasteiger charge is 2.15. The van der Waals surface area contributed by atoms with E-state index in [9.17, 15) is 10.1 Å². The highest BCUT2D eigenvalue weighted by molar-refractivity contribution is 7.98. The second-order valence-electron chi connectivity index (χ2n) is 3.97. The fraction of sp³-hybridized carbons (Fsp3) is 0.333. The van der Waals surface area contributed by atoms with Crippen molar-refractivity contribution in [3.05, 3.63) is 39.7 Å². The zero-order valence-corrected chi connectivity index (χ0v) is 11.9. The summed E-state index contributed by atoms with van der Waals surface area (Å²) in [6, 6.07) is 4.91. The zero-order valence-electron chi connectivity index (χ0n) is 11.1. The summed E-state index contributed by atoms with van der Waals surface area (Å²) < 4.78 is 4.96. The van der Waals surface area contributed by atoms with Crippen molar-refractivity contribution in [2.45, 2.75) is 24.3 Å². The smallest absolute Gasteiger partial charge is 0.311 e. The van der Waals surface area contributed by atoms with Crippen molar-refractivity contribution in [1.82, 2.24) is 15.2 Å². The zero-order chi connectivity index (χ0) is 14.5. The molecule has 8 heteroatoms. The van der Waals surface area contributed by atoms with Crippen molar-refractivity contribution in [3.63, 3.8) is 0 Å². The SMILES string of the molecule is CCc1nc(SCc2ccc(OC)c([N+](=O)[O-])c2)n[nH]1. The number of hydrogen-bond donors (Lipinski definition) is 1. The minimum atomic E-state index is -0.449. The standard InChI is InChI=1S/C12H14N4O3S/c1-3-11-13-12(15-14-11)20-7-8-4-5-10(19-2)9(6-8)16(17)18/h4-6H,3,7H2,1-2H3,(H,13,14,15). The Morgan fingerprint density at radius 3 is 2.90 bits per heavy atom. The number of nitrogens with zero attached hydrogens (tertiary/aromatic N) is 3. The number of aromatic amines is 1. The maximum Gasteiger partial charge on any atom is 0.311 e. The lowest BCUT2D eigenvalue weighted by atomic mass is 10.2. The fourth-order valence-electron chi connectivity index (χ4n) is 1.62. The van der Waals surface area contributed by atoms with Crippen molar-refractivity contribution in [1.29, 1.82) is 0 Å². The normalized spacial score (nSPS) is 10.5. The van der Waals surface area contributed by atoms with Crippen LogP contribution in [0.25, 0.3) is 0 Å². The van der Waals surface area contributed by atoms with Gasteiger partial charge in [0.05, 0.1) is 12.0 Å². The number of hydrogen-bond acceptors (Lipinski definition) is 6. The van der Waals surface area contributed by atoms with E-state index in [4.69, 9.17) is 4.74 Å². The van der Waals surface area contributed by atoms with Gasteiger partial charge in [-0.05, 0) is 11.6 Å². The van der Waals surface area contributed by atoms with Gasteiger partial charge in [0.1, 0.15) is 5.82 Å². The maximum absolute atomic E-state index is 10.9. The van der Waals surface area contributed by atoms with Crippen LogP contribution >= 0.6 is 11.8 Å². The summed E-state index contributed by atoms with van der Waals surface area (Å²) in [5, 5.41) is 18.5. The molecular weight excluding hydrogens is 280 g/mol. The summed E-state index contributed by atoms with van der Waals surface area (Å²) in [6.07, 6.45) is 0.793. The number of aryl methyl sites for hydroxylation is 1. The van der Waals surface area contributed by atoms with Crippen LogP contribution in [0, 0.1) is 10.1 Å². The van der Waals surface area contributed by atoms with Crippen LogP contribution in [0.4, 0.5) is 5.69 Å². The minimum absolute atomic E-state index is 0.0326. The van der Waals surface area contributed by atoms with Crippen LogP contribution in [0.1, 0.15) is 18.3 Å². The third-order valence-electron chi connectivity index (χ3n) is 2.65. The first-order valence-electron chi connectivity index (χ1n) is 5.99. The molecule has 2 aromatic rings. The van der Waals surface area contributed by atoms with Gasteiger partial charge in [0, 0.05) is 18.2 Å². The molecule has 0 spiro atoms. The molecule has 0 unspecified atom stereocenters. The van der Waals surface area contributed by atoms with E-state index >= 15 is 0 Å². The predicted octanol–water partition coefficient (Wildman–Crippen LogP) is 2.58. The van der Waals surface area contributed by atoms with E-state index in [-0.39, 0.29) is 11.4 Å². The van der Waals surface area contributed by atoms with Gasteiger partial charge in [0.2, 0.25) is 5.16 Å². The van der Waals surface area contributed by atoms with E-state index in [0.29, 0.717) is 10.9 Å². The number of rotatable bonds is 6. The van der Waals surface area contributed by atoms with Gasteiger partial charge in [0.15, 0.2) is 5.75 Å². The van der Waals surface area contributed by atoms with Crippen LogP contribution in [0.2, 0.25) is 0 Å². The molecule has 2 rings (SSSR count). The molecule has 0 aliphatic carbocycles. The molecule has 106 valence electrons. The Kier molecular flexibility index (Phi) is 4.57. The van der Waals surface area contributed by atoms with Gasteiger partial charge in [-0.25, -0.2) is 4.98 Å². The molecule has 0 aliphatic rings. The van der Waals surface area contributed by atoms with Crippen LogP contribution in [0.5, 0.6) is 5.75 Å². The molecule has 0 bridgehead atoms. The van der Waals surface area contributed by atoms with Crippen molar-refractivity contribution < 1.29 is 9.66 Å². The Balaban J connectivity index is 2.09. The molecule has 1 N–H and O–H groups in total. The molecule has 1 heterocycles. The number of nitrogens with one attached hydrogen (secondary N) is 1. The number of benzene rings is 1. The minimum Gasteiger partial charge on any atom is -0.490 e. The Hall–Kier alpha value is -2.09. The number of methoxy groups -OCH3 is 1. The maximum atomic E-state index is 10.9. The third-order valence-corrected chi connectivity index (χ3v) is 3.57. The van der Waals surface area contributed by atoms with E-state index in [1.165, 1.54) is 24.9 Å². The van der Waals surface area contributed by atoms with Crippen LogP contribution in [-0.4, -0.2) is 27.2 Å². The van der Waals surface area contributed by atoms with Crippen molar-refractivity contribution >= 4 is 17.4 Å². The summed E-state index contributed by atoms with van der Waals surface area (Å²) in [7, 11) is 1.41. The van der Waals surface area contributed by atoms with E-state index in [2.05, 4.69) is 15.2 Å². The monoisotopic (exact) mass is 294 g/mol. The van der Waals surface area contributed by atoms with Gasteiger partial charge in [-0.15, -0.1) is 5.10 Å². The largest absolute Gasteiger partial charge is 0.490 e. The van der Waals surface area contributed by atoms with Gasteiger partial charge in [-0.1, -0.05) is 24.8 Å². The van der Waals surface area contributed by atoms with E-state index in [1.807, 2.05) is 6.92 Å². The number of thioether (sulfide) groups is 1. The van der Waals surface area contributed by atoms with Gasteiger partial charge in [-0.2, -0.15) is 0 Å². The average molecular weight is 294 g/mol. The average Bonchev–Trinajstić information content (AvgIpc) is 2.92. The molecular formula is C12H14N4O3S. The molecule has 0 atom stereocenters. The first-order chi connectivity index (χ1) is 9.63. The molecule has 7 nitrogen and oxygen atoms in total. The lowest BCUT2D eigenvalue weighted by Gasteiger charge is -2.03. The Labute approximate surface area is 119 Å². The van der Waals surface area contributed by atoms with Crippen LogP contribution in [-0.2, 0) is 12.2 Å². The molecule has 0 aliphatic heterocycles. The molecule has 1 aromatic carbocycles. The van der Waals surface area contributed by atoms with Gasteiger partial charge >= 0.3 is 5.69 Å². The second-order valence-corrected chi connectivity index (χ2v) is 4.91. The van der Waals surface area contributed by atoms with Crippen molar-refractivity contribution in [3.8, 4) is 5.75 Å². The first kappa shape index (κ1) is 14.3. The Morgan fingerprint density at radius 2 is 2.30 bits per heavy atom. The third kappa shape index (κ3) is 3.27. The number of ether oxygens (including phenoxy) is 1. The Morgan fingerprint density at radius 1 is 1.50 bits per heavy atom. The van der Waals surface area contributed by atoms with Gasteiger partial charge in [0.25, 0.3) is 0 Å². The van der Waals surface area contributed by atoms with E-state index in [1.54, 1.807) is 12.1 Å². The van der Waals surface area contributed by atoms with Crippen molar-refractivity contribution in [2.24, 2.45) is 0 Å². The molecule has 0 amide bonds. The highest BCUT2D eigenvalue weighted by Crippen LogP contribution is 2.29. The van der Waals surface area contributed by atoms with Gasteiger partial charge < -0.3 is 4.74 Å². The highest BCUT2D eigenvalue weighted by atomic mass is 32.2. The number of nitro benzene ring substituents is 1. The summed E-state index contributed by atoms with van der Waals surface area (Å²) >= 11 is 1.43. The molecule has 20 heavy (non-hydrogen) atoms. The summed E-state index contributed by atoms with van der Waals surface area (Å²) in [4.78, 5) is 14.8. The lowest BCUT2D eigenvalue weighted by molar-refractivity contribution is -0.385. The fourth-order valence-corrected chi connectivity index (χ4v) is 2.38. The summed E-state index contributed by atoms with van der Waals surface area (Å²) in [5.41, 5.74) is 0.792. The molecule has 1 aromatic heterocycles.